The van der Waals surface area contributed by atoms with E-state index < -0.39 is 0 Å². The van der Waals surface area contributed by atoms with E-state index >= 15 is 0 Å². The Morgan fingerprint density at radius 3 is 1.68 bits per heavy atom. The standard InChI is InChI=1S/C17H22PSi/c1-19(2)15-9-14-18(16-10-5-3-6-11-16)17-12-7-4-8-13-17/h3-8,10-13H,9,14-15H2,1-2H3. The molecule has 19 heavy (non-hydrogen) atoms. The molecule has 2 aromatic rings. The van der Waals surface area contributed by atoms with Crippen LogP contribution in [0.25, 0.3) is 0 Å². The van der Waals surface area contributed by atoms with Crippen molar-refractivity contribution in [3.63, 3.8) is 0 Å². The summed E-state index contributed by atoms with van der Waals surface area (Å²) in [6, 6.07) is 23.5. The second kappa shape index (κ2) is 7.62. The Bertz CT molecular complexity index is 428. The van der Waals surface area contributed by atoms with Crippen LogP contribution in [0.5, 0.6) is 0 Å². The molecular weight excluding hydrogens is 263 g/mol. The Morgan fingerprint density at radius 2 is 1.26 bits per heavy atom. The molecule has 0 aromatic heterocycles. The third-order valence-electron chi connectivity index (χ3n) is 3.19. The summed E-state index contributed by atoms with van der Waals surface area (Å²) in [5, 5.41) is 3.04. The van der Waals surface area contributed by atoms with E-state index in [-0.39, 0.29) is 16.7 Å². The van der Waals surface area contributed by atoms with E-state index in [0.29, 0.717) is 0 Å². The van der Waals surface area contributed by atoms with Gasteiger partial charge in [0.2, 0.25) is 0 Å². The second-order valence-electron chi connectivity index (χ2n) is 5.13. The van der Waals surface area contributed by atoms with Crippen LogP contribution in [0.1, 0.15) is 6.42 Å². The summed E-state index contributed by atoms with van der Waals surface area (Å²) in [5.41, 5.74) is 0. The first-order chi connectivity index (χ1) is 9.27. The molecule has 0 aliphatic carbocycles. The lowest BCUT2D eigenvalue weighted by Gasteiger charge is -2.19. The molecular formula is C17H22PSi. The minimum absolute atomic E-state index is 0.0827. The van der Waals surface area contributed by atoms with Crippen LogP contribution in [0.3, 0.4) is 0 Å². The molecule has 0 unspecified atom stereocenters. The number of hydrogen-bond acceptors (Lipinski definition) is 0. The van der Waals surface area contributed by atoms with E-state index in [9.17, 15) is 0 Å². The number of hydrogen-bond donors (Lipinski definition) is 0. The van der Waals surface area contributed by atoms with Gasteiger partial charge in [-0.15, -0.1) is 0 Å². The van der Waals surface area contributed by atoms with Crippen LogP contribution in [0.4, 0.5) is 0 Å². The van der Waals surface area contributed by atoms with Crippen LogP contribution < -0.4 is 10.6 Å². The van der Waals surface area contributed by atoms with E-state index in [1.807, 2.05) is 0 Å². The van der Waals surface area contributed by atoms with Crippen LogP contribution >= 0.6 is 7.92 Å². The van der Waals surface area contributed by atoms with Crippen molar-refractivity contribution in [3.05, 3.63) is 60.7 Å². The third kappa shape index (κ3) is 4.60. The van der Waals surface area contributed by atoms with E-state index in [2.05, 4.69) is 73.8 Å². The summed E-state index contributed by atoms with van der Waals surface area (Å²) in [6.07, 6.45) is 2.70. The molecule has 0 amide bonds. The Morgan fingerprint density at radius 1 is 0.789 bits per heavy atom. The van der Waals surface area contributed by atoms with Crippen LogP contribution in [0.15, 0.2) is 60.7 Å². The van der Waals surface area contributed by atoms with Gasteiger partial charge < -0.3 is 0 Å². The van der Waals surface area contributed by atoms with Crippen molar-refractivity contribution in [1.82, 2.24) is 0 Å². The topological polar surface area (TPSA) is 0 Å². The zero-order valence-electron chi connectivity index (χ0n) is 11.8. The average molecular weight is 285 g/mol. The van der Waals surface area contributed by atoms with Crippen molar-refractivity contribution in [2.75, 3.05) is 6.16 Å². The Balaban J connectivity index is 2.14. The highest BCUT2D eigenvalue weighted by molar-refractivity contribution is 7.73. The Labute approximate surface area is 120 Å². The Hall–Kier alpha value is -0.913. The normalized spacial score (nSPS) is 11.2. The van der Waals surface area contributed by atoms with Gasteiger partial charge in [-0.3, -0.25) is 0 Å². The maximum Gasteiger partial charge on any atom is 0.0413 e. The van der Waals surface area contributed by atoms with Crippen LogP contribution in [-0.4, -0.2) is 15.0 Å². The van der Waals surface area contributed by atoms with Gasteiger partial charge in [-0.2, -0.15) is 0 Å². The fourth-order valence-corrected chi connectivity index (χ4v) is 5.75. The van der Waals surface area contributed by atoms with Crippen molar-refractivity contribution < 1.29 is 0 Å². The minimum atomic E-state index is -0.165. The lowest BCUT2D eigenvalue weighted by atomic mass is 10.4. The highest BCUT2D eigenvalue weighted by Gasteiger charge is 2.13. The average Bonchev–Trinajstić information content (AvgIpc) is 2.45. The summed E-state index contributed by atoms with van der Waals surface area (Å²) in [7, 11) is -0.248. The van der Waals surface area contributed by atoms with E-state index in [4.69, 9.17) is 0 Å². The lowest BCUT2D eigenvalue weighted by molar-refractivity contribution is 1.07. The molecule has 0 saturated carbocycles. The monoisotopic (exact) mass is 285 g/mol. The molecule has 0 saturated heterocycles. The fraction of sp³-hybridized carbons (Fsp3) is 0.294. The molecule has 2 heteroatoms. The molecule has 0 spiro atoms. The van der Waals surface area contributed by atoms with Crippen molar-refractivity contribution in [2.24, 2.45) is 0 Å². The summed E-state index contributed by atoms with van der Waals surface area (Å²) in [4.78, 5) is 0. The van der Waals surface area contributed by atoms with E-state index in [1.54, 1.807) is 0 Å². The molecule has 0 aliphatic rings. The van der Waals surface area contributed by atoms with Crippen LogP contribution in [0, 0.1) is 0 Å². The van der Waals surface area contributed by atoms with Gasteiger partial charge in [0, 0.05) is 8.80 Å². The fourth-order valence-electron chi connectivity index (χ4n) is 2.21. The van der Waals surface area contributed by atoms with Gasteiger partial charge in [0.1, 0.15) is 0 Å². The summed E-state index contributed by atoms with van der Waals surface area (Å²) >= 11 is 0. The molecule has 0 bridgehead atoms. The molecule has 2 rings (SSSR count). The van der Waals surface area contributed by atoms with Crippen molar-refractivity contribution in [2.45, 2.75) is 25.6 Å². The molecule has 2 aromatic carbocycles. The maximum absolute atomic E-state index is 2.41. The number of benzene rings is 2. The molecule has 1 radical (unpaired) electrons. The van der Waals surface area contributed by atoms with E-state index in [1.165, 1.54) is 29.2 Å². The predicted molar refractivity (Wildman–Crippen MR) is 90.8 cm³/mol. The molecule has 0 aliphatic heterocycles. The van der Waals surface area contributed by atoms with E-state index in [0.717, 1.165) is 0 Å². The zero-order valence-corrected chi connectivity index (χ0v) is 13.7. The SMILES string of the molecule is C[Si](C)CCCP(c1ccccc1)c1ccccc1. The van der Waals surface area contributed by atoms with Crippen LogP contribution in [0.2, 0.25) is 19.1 Å². The van der Waals surface area contributed by atoms with Crippen LogP contribution in [-0.2, 0) is 0 Å². The van der Waals surface area contributed by atoms with Gasteiger partial charge in [0.25, 0.3) is 0 Å². The summed E-state index contributed by atoms with van der Waals surface area (Å²) in [6.45, 7) is 4.83. The minimum Gasteiger partial charge on any atom is -0.0713 e. The maximum atomic E-state index is 2.41. The first-order valence-electron chi connectivity index (χ1n) is 6.94. The number of rotatable bonds is 6. The molecule has 0 fully saturated rings. The molecule has 0 N–H and O–H groups in total. The quantitative estimate of drug-likeness (QED) is 0.549. The largest absolute Gasteiger partial charge is 0.0713 e. The summed E-state index contributed by atoms with van der Waals surface area (Å²) < 4.78 is 0. The molecule has 0 atom stereocenters. The lowest BCUT2D eigenvalue weighted by Crippen LogP contribution is -2.14. The van der Waals surface area contributed by atoms with Crippen molar-refractivity contribution in [3.8, 4) is 0 Å². The molecule has 0 nitrogen and oxygen atoms in total. The highest BCUT2D eigenvalue weighted by atomic mass is 31.1. The van der Waals surface area contributed by atoms with Gasteiger partial charge in [0.05, 0.1) is 0 Å². The summed E-state index contributed by atoms with van der Waals surface area (Å²) in [5.74, 6) is 0. The van der Waals surface area contributed by atoms with Gasteiger partial charge in [0.15, 0.2) is 0 Å². The molecule has 0 heterocycles. The Kier molecular flexibility index (Phi) is 5.81. The predicted octanol–water partition coefficient (Wildman–Crippen LogP) is 4.26. The molecule has 99 valence electrons. The van der Waals surface area contributed by atoms with Gasteiger partial charge in [-0.25, -0.2) is 0 Å². The van der Waals surface area contributed by atoms with Gasteiger partial charge in [-0.1, -0.05) is 86.2 Å². The first-order valence-corrected chi connectivity index (χ1v) is 11.2. The van der Waals surface area contributed by atoms with Crippen molar-refractivity contribution in [1.29, 1.82) is 0 Å². The zero-order chi connectivity index (χ0) is 13.5. The third-order valence-corrected chi connectivity index (χ3v) is 7.15. The van der Waals surface area contributed by atoms with Gasteiger partial charge in [-0.05, 0) is 24.7 Å². The second-order valence-corrected chi connectivity index (χ2v) is 10.4. The van der Waals surface area contributed by atoms with Gasteiger partial charge >= 0.3 is 0 Å². The smallest absolute Gasteiger partial charge is 0.0413 e. The van der Waals surface area contributed by atoms with Crippen molar-refractivity contribution >= 4 is 27.3 Å². The first kappa shape index (κ1) is 14.5. The highest BCUT2D eigenvalue weighted by Crippen LogP contribution is 2.34.